The molecule has 1 atom stereocenters. The molecule has 0 fully saturated rings. The number of oxime groups is 1. The molecule has 0 saturated carbocycles. The minimum atomic E-state index is -4.89. The number of aliphatic hydroxyl groups is 1. The minimum Gasteiger partial charge on any atom is -0.350 e. The van der Waals surface area contributed by atoms with Crippen LogP contribution in [0.5, 0.6) is 0 Å². The van der Waals surface area contributed by atoms with Crippen LogP contribution in [0.3, 0.4) is 0 Å². The Labute approximate surface area is 117 Å². The molecule has 2 N–H and O–H groups in total. The van der Waals surface area contributed by atoms with Crippen LogP contribution in [0.1, 0.15) is 12.0 Å². The van der Waals surface area contributed by atoms with Crippen LogP contribution in [0, 0.1) is 0 Å². The summed E-state index contributed by atoms with van der Waals surface area (Å²) >= 11 is 0. The molecule has 0 radical (unpaired) electrons. The Morgan fingerprint density at radius 1 is 1.14 bits per heavy atom. The second-order valence-electron chi connectivity index (χ2n) is 4.65. The van der Waals surface area contributed by atoms with Crippen molar-refractivity contribution < 1.29 is 23.1 Å². The maximum absolute atomic E-state index is 12.6. The predicted octanol–water partition coefficient (Wildman–Crippen LogP) is 2.45. The van der Waals surface area contributed by atoms with Gasteiger partial charge in [-0.05, 0) is 11.1 Å². The van der Waals surface area contributed by atoms with Crippen LogP contribution in [-0.2, 0) is 4.84 Å². The fraction of sp³-hybridized carbons (Fsp3) is 0.231. The van der Waals surface area contributed by atoms with Crippen molar-refractivity contribution in [3.8, 4) is 11.1 Å². The molecular formula is C13H10F3N3O2. The zero-order valence-corrected chi connectivity index (χ0v) is 10.6. The van der Waals surface area contributed by atoms with E-state index < -0.39 is 18.4 Å². The third-order valence-electron chi connectivity index (χ3n) is 3.21. The molecule has 2 heterocycles. The van der Waals surface area contributed by atoms with E-state index in [1.165, 1.54) is 0 Å². The normalized spacial score (nSPS) is 22.0. The monoisotopic (exact) mass is 297 g/mol. The number of rotatable bonds is 2. The summed E-state index contributed by atoms with van der Waals surface area (Å²) in [5.74, 6) is -3.24. The topological polar surface area (TPSA) is 70.5 Å². The Balaban J connectivity index is 1.80. The Hall–Kier alpha value is -2.35. The predicted molar refractivity (Wildman–Crippen MR) is 67.3 cm³/mol. The van der Waals surface area contributed by atoms with Crippen LogP contribution in [0.2, 0.25) is 0 Å². The molecule has 1 aromatic heterocycles. The number of H-pyrrole nitrogens is 1. The lowest BCUT2D eigenvalue weighted by atomic mass is 10.00. The van der Waals surface area contributed by atoms with E-state index in [-0.39, 0.29) is 5.71 Å². The zero-order chi connectivity index (χ0) is 15.1. The number of nitrogens with one attached hydrogen (secondary N) is 1. The second kappa shape index (κ2) is 4.59. The van der Waals surface area contributed by atoms with Gasteiger partial charge in [-0.25, -0.2) is 0 Å². The van der Waals surface area contributed by atoms with Gasteiger partial charge in [0.25, 0.3) is 0 Å². The van der Waals surface area contributed by atoms with E-state index in [2.05, 4.69) is 20.2 Å². The van der Waals surface area contributed by atoms with Crippen molar-refractivity contribution in [2.45, 2.75) is 18.4 Å². The summed E-state index contributed by atoms with van der Waals surface area (Å²) in [7, 11) is 0. The molecule has 0 spiro atoms. The molecule has 1 aromatic carbocycles. The van der Waals surface area contributed by atoms with Crippen molar-refractivity contribution in [1.29, 1.82) is 0 Å². The maximum Gasteiger partial charge on any atom is 0.458 e. The van der Waals surface area contributed by atoms with E-state index in [1.54, 1.807) is 36.7 Å². The quantitative estimate of drug-likeness (QED) is 0.894. The van der Waals surface area contributed by atoms with Crippen LogP contribution in [-0.4, -0.2) is 33.0 Å². The second-order valence-corrected chi connectivity index (χ2v) is 4.65. The van der Waals surface area contributed by atoms with Gasteiger partial charge >= 0.3 is 12.0 Å². The van der Waals surface area contributed by atoms with Crippen LogP contribution in [0.25, 0.3) is 11.1 Å². The van der Waals surface area contributed by atoms with Gasteiger partial charge in [0.2, 0.25) is 0 Å². The number of benzene rings is 1. The van der Waals surface area contributed by atoms with E-state index in [4.69, 9.17) is 0 Å². The van der Waals surface area contributed by atoms with Crippen molar-refractivity contribution in [3.05, 3.63) is 42.2 Å². The summed E-state index contributed by atoms with van der Waals surface area (Å²) in [5.41, 5.74) is 2.23. The number of alkyl halides is 3. The van der Waals surface area contributed by atoms with E-state index >= 15 is 0 Å². The molecule has 1 unspecified atom stereocenters. The summed E-state index contributed by atoms with van der Waals surface area (Å²) in [6, 6.07) is 6.70. The number of aromatic amines is 1. The highest BCUT2D eigenvalue weighted by Gasteiger charge is 2.60. The van der Waals surface area contributed by atoms with Gasteiger partial charge < -0.3 is 9.94 Å². The Morgan fingerprint density at radius 3 is 2.33 bits per heavy atom. The fourth-order valence-electron chi connectivity index (χ4n) is 1.99. The molecule has 21 heavy (non-hydrogen) atoms. The van der Waals surface area contributed by atoms with Crippen molar-refractivity contribution in [2.75, 3.05) is 0 Å². The molecule has 0 aliphatic carbocycles. The van der Waals surface area contributed by atoms with Crippen LogP contribution in [0.4, 0.5) is 13.2 Å². The smallest absolute Gasteiger partial charge is 0.350 e. The van der Waals surface area contributed by atoms with Gasteiger partial charge in [0, 0.05) is 11.8 Å². The summed E-state index contributed by atoms with van der Waals surface area (Å²) in [4.78, 5) is 4.18. The molecule has 5 nitrogen and oxygen atoms in total. The van der Waals surface area contributed by atoms with Gasteiger partial charge in [0.15, 0.2) is 0 Å². The van der Waals surface area contributed by atoms with Crippen LogP contribution < -0.4 is 0 Å². The minimum absolute atomic E-state index is 0.0496. The Kier molecular flexibility index (Phi) is 2.98. The van der Waals surface area contributed by atoms with Gasteiger partial charge in [-0.3, -0.25) is 5.10 Å². The Bertz CT molecular complexity index is 665. The molecular weight excluding hydrogens is 287 g/mol. The highest BCUT2D eigenvalue weighted by atomic mass is 19.4. The molecule has 1 aliphatic rings. The van der Waals surface area contributed by atoms with Crippen LogP contribution >= 0.6 is 0 Å². The van der Waals surface area contributed by atoms with E-state index in [0.29, 0.717) is 5.56 Å². The van der Waals surface area contributed by atoms with Gasteiger partial charge in [0.1, 0.15) is 0 Å². The lowest BCUT2D eigenvalue weighted by Crippen LogP contribution is -2.45. The summed E-state index contributed by atoms with van der Waals surface area (Å²) in [6.45, 7) is 0. The third kappa shape index (κ3) is 2.38. The van der Waals surface area contributed by atoms with Crippen LogP contribution in [0.15, 0.2) is 41.8 Å². The molecule has 0 saturated heterocycles. The van der Waals surface area contributed by atoms with Crippen molar-refractivity contribution in [2.24, 2.45) is 5.16 Å². The molecule has 8 heteroatoms. The zero-order valence-electron chi connectivity index (χ0n) is 10.6. The fourth-order valence-corrected chi connectivity index (χ4v) is 1.99. The number of hydrogen-bond donors (Lipinski definition) is 2. The summed E-state index contributed by atoms with van der Waals surface area (Å²) < 4.78 is 37.9. The van der Waals surface area contributed by atoms with Gasteiger partial charge in [0.05, 0.1) is 18.3 Å². The van der Waals surface area contributed by atoms with Crippen molar-refractivity contribution in [3.63, 3.8) is 0 Å². The third-order valence-corrected chi connectivity index (χ3v) is 3.21. The average molecular weight is 297 g/mol. The first-order chi connectivity index (χ1) is 9.89. The molecule has 110 valence electrons. The highest BCUT2D eigenvalue weighted by Crippen LogP contribution is 2.39. The maximum atomic E-state index is 12.6. The molecule has 0 amide bonds. The van der Waals surface area contributed by atoms with E-state index in [0.717, 1.165) is 11.1 Å². The van der Waals surface area contributed by atoms with E-state index in [9.17, 15) is 18.3 Å². The first-order valence-electron chi connectivity index (χ1n) is 6.03. The lowest BCUT2D eigenvalue weighted by molar-refractivity contribution is -0.355. The number of hydrogen-bond acceptors (Lipinski definition) is 4. The average Bonchev–Trinajstić information content (AvgIpc) is 3.08. The number of aromatic nitrogens is 2. The van der Waals surface area contributed by atoms with Gasteiger partial charge in [-0.2, -0.15) is 18.3 Å². The van der Waals surface area contributed by atoms with Gasteiger partial charge in [-0.15, -0.1) is 0 Å². The highest BCUT2D eigenvalue weighted by molar-refractivity contribution is 6.01. The van der Waals surface area contributed by atoms with Crippen molar-refractivity contribution in [1.82, 2.24) is 10.2 Å². The SMILES string of the molecule is OC1(C(F)(F)F)CC(c2ccc(-c3cn[nH]c3)cc2)=NO1. The molecule has 0 bridgehead atoms. The standard InChI is InChI=1S/C13H10F3N3O2/c14-13(15,16)12(20)5-11(19-21-12)9-3-1-8(2-4-9)10-6-17-18-7-10/h1-4,6-7,20H,5H2,(H,17,18). The van der Waals surface area contributed by atoms with E-state index in [1.807, 2.05) is 0 Å². The number of nitrogens with zero attached hydrogens (tertiary/aromatic N) is 2. The largest absolute Gasteiger partial charge is 0.458 e. The molecule has 2 aromatic rings. The lowest BCUT2D eigenvalue weighted by Gasteiger charge is -2.22. The first-order valence-corrected chi connectivity index (χ1v) is 6.03. The first kappa shape index (κ1) is 13.6. The Morgan fingerprint density at radius 2 is 1.81 bits per heavy atom. The van der Waals surface area contributed by atoms with Crippen molar-refractivity contribution >= 4 is 5.71 Å². The van der Waals surface area contributed by atoms with Gasteiger partial charge in [-0.1, -0.05) is 29.4 Å². The molecule has 1 aliphatic heterocycles. The molecule has 3 rings (SSSR count). The summed E-state index contributed by atoms with van der Waals surface area (Å²) in [5, 5.41) is 19.2. The number of halogens is 3. The summed E-state index contributed by atoms with van der Waals surface area (Å²) in [6.07, 6.45) is -2.29.